The van der Waals surface area contributed by atoms with Crippen LogP contribution in [0.3, 0.4) is 0 Å². The molecule has 0 fully saturated rings. The van der Waals surface area contributed by atoms with Gasteiger partial charge in [0.1, 0.15) is 5.75 Å². The van der Waals surface area contributed by atoms with Crippen LogP contribution in [0.2, 0.25) is 0 Å². The Balaban J connectivity index is 2.17. The highest BCUT2D eigenvalue weighted by atomic mass is 16.5. The topological polar surface area (TPSA) is 35.5 Å². The number of aldehydes is 1. The van der Waals surface area contributed by atoms with Crippen molar-refractivity contribution in [2.24, 2.45) is 0 Å². The van der Waals surface area contributed by atoms with E-state index in [1.165, 1.54) is 0 Å². The highest BCUT2D eigenvalue weighted by Crippen LogP contribution is 2.41. The highest BCUT2D eigenvalue weighted by molar-refractivity contribution is 6.09. The quantitative estimate of drug-likeness (QED) is 0.799. The Hall–Kier alpha value is -2.55. The molecule has 0 aromatic heterocycles. The van der Waals surface area contributed by atoms with Crippen LogP contribution in [-0.2, 0) is 9.53 Å². The van der Waals surface area contributed by atoms with Crippen LogP contribution in [0.5, 0.6) is 5.75 Å². The Labute approximate surface area is 117 Å². The number of allylic oxidation sites excluding steroid dienone is 1. The van der Waals surface area contributed by atoms with Crippen molar-refractivity contribution in [2.75, 3.05) is 7.11 Å². The van der Waals surface area contributed by atoms with Crippen LogP contribution in [0, 0.1) is 0 Å². The first-order valence-electron chi connectivity index (χ1n) is 6.39. The van der Waals surface area contributed by atoms with Gasteiger partial charge >= 0.3 is 0 Å². The van der Waals surface area contributed by atoms with E-state index < -0.39 is 6.10 Å². The SMILES string of the molecule is COC1=C(C=O)c2ccccc2OC1c1ccccc1. The predicted octanol–water partition coefficient (Wildman–Crippen LogP) is 3.38. The number of carbonyl (C=O) groups excluding carboxylic acids is 1. The number of hydrogen-bond donors (Lipinski definition) is 0. The van der Waals surface area contributed by atoms with Gasteiger partial charge in [0, 0.05) is 11.1 Å². The minimum absolute atomic E-state index is 0.392. The smallest absolute Gasteiger partial charge is 0.181 e. The molecule has 0 N–H and O–H groups in total. The largest absolute Gasteiger partial charge is 0.496 e. The summed E-state index contributed by atoms with van der Waals surface area (Å²) in [5.41, 5.74) is 2.27. The highest BCUT2D eigenvalue weighted by Gasteiger charge is 2.30. The van der Waals surface area contributed by atoms with Gasteiger partial charge in [0.15, 0.2) is 18.1 Å². The van der Waals surface area contributed by atoms with E-state index in [0.29, 0.717) is 17.1 Å². The molecule has 1 aliphatic rings. The third-order valence-corrected chi connectivity index (χ3v) is 3.37. The molecule has 0 bridgehead atoms. The molecule has 3 heteroatoms. The van der Waals surface area contributed by atoms with Crippen LogP contribution in [0.1, 0.15) is 17.2 Å². The van der Waals surface area contributed by atoms with E-state index in [1.807, 2.05) is 54.6 Å². The van der Waals surface area contributed by atoms with Gasteiger partial charge in [-0.25, -0.2) is 0 Å². The van der Waals surface area contributed by atoms with Crippen molar-refractivity contribution in [3.05, 3.63) is 71.5 Å². The van der Waals surface area contributed by atoms with Crippen molar-refractivity contribution < 1.29 is 14.3 Å². The Bertz CT molecular complexity index is 659. The van der Waals surface area contributed by atoms with E-state index in [4.69, 9.17) is 9.47 Å². The molecule has 0 aliphatic carbocycles. The molecular formula is C17H14O3. The number of benzene rings is 2. The Morgan fingerprint density at radius 1 is 1.05 bits per heavy atom. The third-order valence-electron chi connectivity index (χ3n) is 3.37. The molecule has 1 unspecified atom stereocenters. The van der Waals surface area contributed by atoms with Crippen molar-refractivity contribution in [1.29, 1.82) is 0 Å². The molecule has 2 aromatic carbocycles. The fraction of sp³-hybridized carbons (Fsp3) is 0.118. The Kier molecular flexibility index (Phi) is 3.25. The van der Waals surface area contributed by atoms with Gasteiger partial charge in [0.25, 0.3) is 0 Å². The number of rotatable bonds is 3. The van der Waals surface area contributed by atoms with Crippen LogP contribution in [-0.4, -0.2) is 13.4 Å². The van der Waals surface area contributed by atoms with Crippen molar-refractivity contribution in [2.45, 2.75) is 6.10 Å². The van der Waals surface area contributed by atoms with Gasteiger partial charge in [-0.15, -0.1) is 0 Å². The molecule has 3 rings (SSSR count). The predicted molar refractivity (Wildman–Crippen MR) is 76.2 cm³/mol. The first-order chi connectivity index (χ1) is 9.85. The standard InChI is InChI=1S/C17H14O3/c1-19-17-14(11-18)13-9-5-6-10-15(13)20-16(17)12-7-3-2-4-8-12/h2-11,16H,1H3. The molecule has 100 valence electrons. The number of para-hydroxylation sites is 1. The van der Waals surface area contributed by atoms with E-state index in [9.17, 15) is 4.79 Å². The lowest BCUT2D eigenvalue weighted by atomic mass is 9.96. The summed E-state index contributed by atoms with van der Waals surface area (Å²) in [7, 11) is 1.56. The van der Waals surface area contributed by atoms with Crippen LogP contribution in [0.15, 0.2) is 60.4 Å². The fourth-order valence-electron chi connectivity index (χ4n) is 2.43. The maximum absolute atomic E-state index is 11.5. The molecule has 3 nitrogen and oxygen atoms in total. The normalized spacial score (nSPS) is 17.1. The first-order valence-corrected chi connectivity index (χ1v) is 6.39. The number of methoxy groups -OCH3 is 1. The lowest BCUT2D eigenvalue weighted by Gasteiger charge is -2.28. The molecule has 20 heavy (non-hydrogen) atoms. The zero-order valence-electron chi connectivity index (χ0n) is 11.1. The summed E-state index contributed by atoms with van der Waals surface area (Å²) < 4.78 is 11.5. The zero-order valence-corrected chi connectivity index (χ0v) is 11.1. The van der Waals surface area contributed by atoms with Crippen LogP contribution in [0.25, 0.3) is 5.57 Å². The van der Waals surface area contributed by atoms with E-state index in [-0.39, 0.29) is 0 Å². The van der Waals surface area contributed by atoms with Crippen molar-refractivity contribution in [3.63, 3.8) is 0 Å². The lowest BCUT2D eigenvalue weighted by Crippen LogP contribution is -2.19. The van der Waals surface area contributed by atoms with E-state index in [1.54, 1.807) is 7.11 Å². The second kappa shape index (κ2) is 5.21. The fourth-order valence-corrected chi connectivity index (χ4v) is 2.43. The molecule has 0 saturated heterocycles. The van der Waals surface area contributed by atoms with Crippen LogP contribution >= 0.6 is 0 Å². The lowest BCUT2D eigenvalue weighted by molar-refractivity contribution is -0.103. The van der Waals surface area contributed by atoms with E-state index in [0.717, 1.165) is 17.4 Å². The molecule has 0 amide bonds. The maximum Gasteiger partial charge on any atom is 0.181 e. The number of hydrogen-bond acceptors (Lipinski definition) is 3. The van der Waals surface area contributed by atoms with Crippen molar-refractivity contribution in [3.8, 4) is 5.75 Å². The third kappa shape index (κ3) is 1.97. The summed E-state index contributed by atoms with van der Waals surface area (Å²) in [6.07, 6.45) is 0.437. The second-order valence-corrected chi connectivity index (χ2v) is 4.50. The zero-order chi connectivity index (χ0) is 13.9. The van der Waals surface area contributed by atoms with Crippen molar-refractivity contribution in [1.82, 2.24) is 0 Å². The van der Waals surface area contributed by atoms with E-state index >= 15 is 0 Å². The van der Waals surface area contributed by atoms with Crippen LogP contribution < -0.4 is 4.74 Å². The second-order valence-electron chi connectivity index (χ2n) is 4.50. The summed E-state index contributed by atoms with van der Waals surface area (Å²) in [4.78, 5) is 11.5. The van der Waals surface area contributed by atoms with Gasteiger partial charge in [0.05, 0.1) is 12.7 Å². The minimum atomic E-state index is -0.392. The number of ether oxygens (including phenoxy) is 2. The molecule has 0 saturated carbocycles. The molecule has 1 heterocycles. The Morgan fingerprint density at radius 2 is 1.75 bits per heavy atom. The minimum Gasteiger partial charge on any atom is -0.496 e. The van der Waals surface area contributed by atoms with Crippen molar-refractivity contribution >= 4 is 11.9 Å². The number of carbonyl (C=O) groups is 1. The molecule has 0 spiro atoms. The Morgan fingerprint density at radius 3 is 2.45 bits per heavy atom. The average Bonchev–Trinajstić information content (AvgIpc) is 2.53. The summed E-state index contributed by atoms with van der Waals surface area (Å²) in [5.74, 6) is 1.24. The van der Waals surface area contributed by atoms with Gasteiger partial charge in [-0.1, -0.05) is 48.5 Å². The monoisotopic (exact) mass is 266 g/mol. The van der Waals surface area contributed by atoms with Gasteiger partial charge in [-0.05, 0) is 6.07 Å². The summed E-state index contributed by atoms with van der Waals surface area (Å²) in [5, 5.41) is 0. The maximum atomic E-state index is 11.5. The van der Waals surface area contributed by atoms with Gasteiger partial charge in [-0.3, -0.25) is 4.79 Å². The van der Waals surface area contributed by atoms with Gasteiger partial charge < -0.3 is 9.47 Å². The number of fused-ring (bicyclic) bond motifs is 1. The average molecular weight is 266 g/mol. The molecular weight excluding hydrogens is 252 g/mol. The summed E-state index contributed by atoms with van der Waals surface area (Å²) >= 11 is 0. The molecule has 0 radical (unpaired) electrons. The summed E-state index contributed by atoms with van der Waals surface area (Å²) in [6, 6.07) is 17.2. The van der Waals surface area contributed by atoms with Gasteiger partial charge in [-0.2, -0.15) is 0 Å². The first kappa shape index (κ1) is 12.5. The molecule has 1 aliphatic heterocycles. The molecule has 2 aromatic rings. The summed E-state index contributed by atoms with van der Waals surface area (Å²) in [6.45, 7) is 0. The van der Waals surface area contributed by atoms with Gasteiger partial charge in [0.2, 0.25) is 0 Å². The molecule has 1 atom stereocenters. The van der Waals surface area contributed by atoms with Crippen LogP contribution in [0.4, 0.5) is 0 Å². The van der Waals surface area contributed by atoms with E-state index in [2.05, 4.69) is 0 Å².